The molecule has 0 saturated carbocycles. The Labute approximate surface area is 113 Å². The predicted molar refractivity (Wildman–Crippen MR) is 69.2 cm³/mol. The number of hydrogen-bond donors (Lipinski definition) is 1. The van der Waals surface area contributed by atoms with Gasteiger partial charge in [0.2, 0.25) is 0 Å². The van der Waals surface area contributed by atoms with E-state index in [2.05, 4.69) is 4.98 Å². The summed E-state index contributed by atoms with van der Waals surface area (Å²) in [5.74, 6) is 0.637. The third kappa shape index (κ3) is 7.07. The summed E-state index contributed by atoms with van der Waals surface area (Å²) in [6.45, 7) is 3.05. The number of ether oxygens (including phenoxy) is 4. The van der Waals surface area contributed by atoms with E-state index >= 15 is 0 Å². The van der Waals surface area contributed by atoms with Crippen LogP contribution in [0.3, 0.4) is 0 Å². The van der Waals surface area contributed by atoms with Gasteiger partial charge < -0.3 is 24.1 Å². The lowest BCUT2D eigenvalue weighted by atomic mass is 10.3. The molecule has 1 rings (SSSR count). The zero-order valence-electron chi connectivity index (χ0n) is 11.2. The summed E-state index contributed by atoms with van der Waals surface area (Å²) < 4.78 is 20.9. The highest BCUT2D eigenvalue weighted by molar-refractivity contribution is 5.29. The first-order chi connectivity index (χ1) is 9.38. The third-order valence-corrected chi connectivity index (χ3v) is 2.32. The van der Waals surface area contributed by atoms with Crippen molar-refractivity contribution >= 4 is 0 Å². The topological polar surface area (TPSA) is 70.0 Å². The van der Waals surface area contributed by atoms with Crippen molar-refractivity contribution in [2.45, 2.75) is 6.61 Å². The van der Waals surface area contributed by atoms with Crippen molar-refractivity contribution in [3.05, 3.63) is 24.0 Å². The zero-order valence-corrected chi connectivity index (χ0v) is 11.2. The number of hydrogen-bond acceptors (Lipinski definition) is 6. The number of aliphatic hydroxyl groups excluding tert-OH is 1. The first-order valence-corrected chi connectivity index (χ1v) is 6.19. The number of rotatable bonds is 11. The van der Waals surface area contributed by atoms with Crippen molar-refractivity contribution in [3.8, 4) is 5.75 Å². The van der Waals surface area contributed by atoms with E-state index in [-0.39, 0.29) is 6.61 Å². The van der Waals surface area contributed by atoms with E-state index in [0.29, 0.717) is 51.0 Å². The fourth-order valence-electron chi connectivity index (χ4n) is 1.35. The Morgan fingerprint density at radius 3 is 2.42 bits per heavy atom. The monoisotopic (exact) mass is 271 g/mol. The molecule has 1 aromatic rings. The minimum Gasteiger partial charge on any atom is -0.491 e. The SMILES string of the molecule is COCCOCCOCCOc1ccncc1CO. The second-order valence-electron chi connectivity index (χ2n) is 3.71. The molecular formula is C13H21NO5. The van der Waals surface area contributed by atoms with Gasteiger partial charge in [-0.3, -0.25) is 4.98 Å². The number of pyridine rings is 1. The van der Waals surface area contributed by atoms with Crippen LogP contribution >= 0.6 is 0 Å². The highest BCUT2D eigenvalue weighted by Crippen LogP contribution is 2.15. The second kappa shape index (κ2) is 10.7. The Morgan fingerprint density at radius 2 is 1.74 bits per heavy atom. The molecule has 0 bridgehead atoms. The van der Waals surface area contributed by atoms with Gasteiger partial charge in [-0.15, -0.1) is 0 Å². The smallest absolute Gasteiger partial charge is 0.128 e. The van der Waals surface area contributed by atoms with Crippen LogP contribution in [0.15, 0.2) is 18.5 Å². The van der Waals surface area contributed by atoms with E-state index in [1.54, 1.807) is 25.6 Å². The van der Waals surface area contributed by atoms with Crippen molar-refractivity contribution in [1.29, 1.82) is 0 Å². The molecule has 0 aromatic carbocycles. The molecule has 108 valence electrons. The maximum atomic E-state index is 9.08. The van der Waals surface area contributed by atoms with E-state index < -0.39 is 0 Å². The second-order valence-corrected chi connectivity index (χ2v) is 3.71. The first kappa shape index (κ1) is 15.8. The molecule has 1 N–H and O–H groups in total. The largest absolute Gasteiger partial charge is 0.491 e. The number of methoxy groups -OCH3 is 1. The van der Waals surface area contributed by atoms with Crippen LogP contribution in [-0.4, -0.2) is 56.8 Å². The molecule has 0 aliphatic heterocycles. The van der Waals surface area contributed by atoms with Crippen LogP contribution in [-0.2, 0) is 20.8 Å². The summed E-state index contributed by atoms with van der Waals surface area (Å²) in [4.78, 5) is 3.91. The molecule has 1 aromatic heterocycles. The van der Waals surface area contributed by atoms with Crippen LogP contribution in [0.5, 0.6) is 5.75 Å². The summed E-state index contributed by atoms with van der Waals surface area (Å²) >= 11 is 0. The number of aromatic nitrogens is 1. The molecule has 0 unspecified atom stereocenters. The molecule has 19 heavy (non-hydrogen) atoms. The van der Waals surface area contributed by atoms with E-state index in [4.69, 9.17) is 24.1 Å². The molecule has 6 nitrogen and oxygen atoms in total. The van der Waals surface area contributed by atoms with Crippen molar-refractivity contribution in [2.24, 2.45) is 0 Å². The van der Waals surface area contributed by atoms with Gasteiger partial charge in [-0.25, -0.2) is 0 Å². The van der Waals surface area contributed by atoms with Crippen LogP contribution in [0.4, 0.5) is 0 Å². The van der Waals surface area contributed by atoms with Gasteiger partial charge in [0.05, 0.1) is 39.6 Å². The Hall–Kier alpha value is -1.21. The molecule has 0 amide bonds. The highest BCUT2D eigenvalue weighted by atomic mass is 16.6. The van der Waals surface area contributed by atoms with Gasteiger partial charge in [0.15, 0.2) is 0 Å². The first-order valence-electron chi connectivity index (χ1n) is 6.19. The molecule has 0 saturated heterocycles. The maximum Gasteiger partial charge on any atom is 0.128 e. The Balaban J connectivity index is 2.01. The molecular weight excluding hydrogens is 250 g/mol. The molecule has 1 heterocycles. The molecule has 0 atom stereocenters. The van der Waals surface area contributed by atoms with Crippen molar-refractivity contribution in [3.63, 3.8) is 0 Å². The maximum absolute atomic E-state index is 9.08. The molecule has 6 heteroatoms. The molecule has 0 spiro atoms. The lowest BCUT2D eigenvalue weighted by molar-refractivity contribution is 0.0178. The summed E-state index contributed by atoms with van der Waals surface area (Å²) in [6, 6.07) is 1.72. The zero-order chi connectivity index (χ0) is 13.8. The van der Waals surface area contributed by atoms with Crippen molar-refractivity contribution in [2.75, 3.05) is 46.8 Å². The predicted octanol–water partition coefficient (Wildman–Crippen LogP) is 0.632. The van der Waals surface area contributed by atoms with Gasteiger partial charge in [0.1, 0.15) is 12.4 Å². The minimum absolute atomic E-state index is 0.0859. The van der Waals surface area contributed by atoms with Gasteiger partial charge in [-0.05, 0) is 6.07 Å². The molecule has 0 fully saturated rings. The normalized spacial score (nSPS) is 10.6. The average Bonchev–Trinajstić information content (AvgIpc) is 2.46. The van der Waals surface area contributed by atoms with Crippen molar-refractivity contribution < 1.29 is 24.1 Å². The molecule has 0 aliphatic rings. The Bertz CT molecular complexity index is 335. The van der Waals surface area contributed by atoms with Gasteiger partial charge >= 0.3 is 0 Å². The van der Waals surface area contributed by atoms with E-state index in [1.165, 1.54) is 0 Å². The summed E-state index contributed by atoms with van der Waals surface area (Å²) in [7, 11) is 1.64. The van der Waals surface area contributed by atoms with Crippen LogP contribution in [0, 0.1) is 0 Å². The van der Waals surface area contributed by atoms with Crippen LogP contribution < -0.4 is 4.74 Å². The van der Waals surface area contributed by atoms with Gasteiger partial charge in [0.25, 0.3) is 0 Å². The van der Waals surface area contributed by atoms with Gasteiger partial charge in [-0.1, -0.05) is 0 Å². The van der Waals surface area contributed by atoms with E-state index in [0.717, 1.165) is 0 Å². The summed E-state index contributed by atoms with van der Waals surface area (Å²) in [6.07, 6.45) is 3.21. The Kier molecular flexibility index (Phi) is 8.91. The lowest BCUT2D eigenvalue weighted by Crippen LogP contribution is -2.12. The fraction of sp³-hybridized carbons (Fsp3) is 0.615. The third-order valence-electron chi connectivity index (χ3n) is 2.32. The van der Waals surface area contributed by atoms with E-state index in [1.807, 2.05) is 0 Å². The van der Waals surface area contributed by atoms with Crippen LogP contribution in [0.1, 0.15) is 5.56 Å². The number of nitrogens with zero attached hydrogens (tertiary/aromatic N) is 1. The minimum atomic E-state index is -0.0859. The standard InChI is InChI=1S/C13H21NO5/c1-16-4-5-17-6-7-18-8-9-19-13-2-3-14-10-12(13)11-15/h2-3,10,15H,4-9,11H2,1H3. The van der Waals surface area contributed by atoms with Crippen LogP contribution in [0.2, 0.25) is 0 Å². The summed E-state index contributed by atoms with van der Waals surface area (Å²) in [5, 5.41) is 9.08. The average molecular weight is 271 g/mol. The van der Waals surface area contributed by atoms with E-state index in [9.17, 15) is 0 Å². The summed E-state index contributed by atoms with van der Waals surface area (Å²) in [5.41, 5.74) is 0.672. The Morgan fingerprint density at radius 1 is 1.05 bits per heavy atom. The fourth-order valence-corrected chi connectivity index (χ4v) is 1.35. The van der Waals surface area contributed by atoms with Gasteiger partial charge in [0, 0.05) is 25.1 Å². The molecule has 0 aliphatic carbocycles. The lowest BCUT2D eigenvalue weighted by Gasteiger charge is -2.10. The molecule has 0 radical (unpaired) electrons. The van der Waals surface area contributed by atoms with Crippen LogP contribution in [0.25, 0.3) is 0 Å². The highest BCUT2D eigenvalue weighted by Gasteiger charge is 2.01. The quantitative estimate of drug-likeness (QED) is 0.595. The van der Waals surface area contributed by atoms with Gasteiger partial charge in [-0.2, -0.15) is 0 Å². The van der Waals surface area contributed by atoms with Crippen molar-refractivity contribution in [1.82, 2.24) is 4.98 Å². The number of aliphatic hydroxyl groups is 1.